The first-order chi connectivity index (χ1) is 9.10. The molecule has 0 saturated carbocycles. The number of carbonyl (C=O) groups is 1. The van der Waals surface area contributed by atoms with Crippen molar-refractivity contribution in [3.05, 3.63) is 52.8 Å². The van der Waals surface area contributed by atoms with E-state index in [9.17, 15) is 9.90 Å². The molecule has 5 nitrogen and oxygen atoms in total. The Kier molecular flexibility index (Phi) is 3.64. The zero-order valence-corrected chi connectivity index (χ0v) is 10.3. The Morgan fingerprint density at radius 3 is 2.74 bits per heavy atom. The van der Waals surface area contributed by atoms with Crippen molar-refractivity contribution in [3.63, 3.8) is 0 Å². The van der Waals surface area contributed by atoms with Crippen molar-refractivity contribution in [3.8, 4) is 11.8 Å². The normalized spacial score (nSPS) is 9.68. The van der Waals surface area contributed by atoms with Crippen molar-refractivity contribution < 1.29 is 9.90 Å². The standard InChI is InChI=1S/C13H8ClN3O2/c14-10-5-9(18)2-4-11(10)17-13(19)12-3-1-8(6-15)7-16-12/h1-5,7,18H,(H,17,19). The topological polar surface area (TPSA) is 86.0 Å². The van der Waals surface area contributed by atoms with Crippen molar-refractivity contribution in [2.45, 2.75) is 0 Å². The molecule has 0 aliphatic rings. The molecular formula is C13H8ClN3O2. The number of anilines is 1. The monoisotopic (exact) mass is 273 g/mol. The fourth-order valence-electron chi connectivity index (χ4n) is 1.39. The summed E-state index contributed by atoms with van der Waals surface area (Å²) in [5.41, 5.74) is 0.915. The second-order valence-corrected chi connectivity index (χ2v) is 4.07. The van der Waals surface area contributed by atoms with E-state index in [4.69, 9.17) is 16.9 Å². The minimum atomic E-state index is -0.447. The molecule has 0 bridgehead atoms. The van der Waals surface area contributed by atoms with E-state index < -0.39 is 5.91 Å². The number of amides is 1. The van der Waals surface area contributed by atoms with Crippen LogP contribution in [0.25, 0.3) is 0 Å². The summed E-state index contributed by atoms with van der Waals surface area (Å²) >= 11 is 5.87. The van der Waals surface area contributed by atoms with Gasteiger partial charge in [-0.3, -0.25) is 4.79 Å². The fraction of sp³-hybridized carbons (Fsp3) is 0. The number of hydrogen-bond donors (Lipinski definition) is 2. The van der Waals surface area contributed by atoms with Gasteiger partial charge in [0.1, 0.15) is 17.5 Å². The summed E-state index contributed by atoms with van der Waals surface area (Å²) in [5.74, 6) is -0.434. The molecule has 0 spiro atoms. The van der Waals surface area contributed by atoms with Crippen molar-refractivity contribution >= 4 is 23.2 Å². The number of carbonyl (C=O) groups excluding carboxylic acids is 1. The Morgan fingerprint density at radius 2 is 2.16 bits per heavy atom. The fourth-order valence-corrected chi connectivity index (χ4v) is 1.61. The third-order valence-corrected chi connectivity index (χ3v) is 2.64. The number of nitrogens with one attached hydrogen (secondary N) is 1. The molecule has 0 aliphatic heterocycles. The number of hydrogen-bond acceptors (Lipinski definition) is 4. The highest BCUT2D eigenvalue weighted by atomic mass is 35.5. The van der Waals surface area contributed by atoms with Crippen LogP contribution in [0.2, 0.25) is 5.02 Å². The van der Waals surface area contributed by atoms with Crippen molar-refractivity contribution in [1.29, 1.82) is 5.26 Å². The first-order valence-corrected chi connectivity index (χ1v) is 5.64. The highest BCUT2D eigenvalue weighted by molar-refractivity contribution is 6.34. The molecule has 2 rings (SSSR count). The molecule has 1 heterocycles. The number of phenols is 1. The molecule has 0 fully saturated rings. The van der Waals surface area contributed by atoms with Gasteiger partial charge >= 0.3 is 0 Å². The summed E-state index contributed by atoms with van der Waals surface area (Å²) in [5, 5.41) is 20.6. The zero-order valence-electron chi connectivity index (χ0n) is 9.59. The maximum atomic E-state index is 11.9. The summed E-state index contributed by atoms with van der Waals surface area (Å²) in [6, 6.07) is 9.08. The molecule has 2 N–H and O–H groups in total. The average molecular weight is 274 g/mol. The molecule has 0 unspecified atom stereocenters. The highest BCUT2D eigenvalue weighted by Gasteiger charge is 2.10. The molecule has 0 saturated heterocycles. The van der Waals surface area contributed by atoms with Crippen LogP contribution in [-0.2, 0) is 0 Å². The molecule has 1 aromatic heterocycles. The number of benzene rings is 1. The van der Waals surface area contributed by atoms with Crippen LogP contribution in [0.5, 0.6) is 5.75 Å². The first kappa shape index (κ1) is 12.9. The largest absolute Gasteiger partial charge is 0.508 e. The third-order valence-electron chi connectivity index (χ3n) is 2.33. The van der Waals surface area contributed by atoms with E-state index in [-0.39, 0.29) is 16.5 Å². The molecule has 2 aromatic rings. The Balaban J connectivity index is 2.18. The van der Waals surface area contributed by atoms with Gasteiger partial charge in [0.05, 0.1) is 16.3 Å². The minimum absolute atomic E-state index is 0.0134. The molecule has 0 atom stereocenters. The van der Waals surface area contributed by atoms with Gasteiger partial charge in [-0.2, -0.15) is 5.26 Å². The Hall–Kier alpha value is -2.58. The number of pyridine rings is 1. The lowest BCUT2D eigenvalue weighted by Gasteiger charge is -2.06. The second kappa shape index (κ2) is 5.38. The summed E-state index contributed by atoms with van der Waals surface area (Å²) in [7, 11) is 0. The summed E-state index contributed by atoms with van der Waals surface area (Å²) < 4.78 is 0. The van der Waals surface area contributed by atoms with Crippen LogP contribution in [0.4, 0.5) is 5.69 Å². The lowest BCUT2D eigenvalue weighted by Crippen LogP contribution is -2.13. The summed E-state index contributed by atoms with van der Waals surface area (Å²) in [6.07, 6.45) is 1.31. The summed E-state index contributed by atoms with van der Waals surface area (Å²) in [4.78, 5) is 15.7. The van der Waals surface area contributed by atoms with E-state index in [1.807, 2.05) is 6.07 Å². The van der Waals surface area contributed by atoms with Gasteiger partial charge in [-0.15, -0.1) is 0 Å². The van der Waals surface area contributed by atoms with Crippen LogP contribution < -0.4 is 5.32 Å². The number of rotatable bonds is 2. The number of aromatic hydroxyl groups is 1. The Bertz CT molecular complexity index is 663. The van der Waals surface area contributed by atoms with Gasteiger partial charge in [0.15, 0.2) is 0 Å². The summed E-state index contributed by atoms with van der Waals surface area (Å²) in [6.45, 7) is 0. The predicted octanol–water partition coefficient (Wildman–Crippen LogP) is 2.56. The van der Waals surface area contributed by atoms with Crippen molar-refractivity contribution in [2.24, 2.45) is 0 Å². The van der Waals surface area contributed by atoms with E-state index in [2.05, 4.69) is 10.3 Å². The van der Waals surface area contributed by atoms with Crippen LogP contribution in [-0.4, -0.2) is 16.0 Å². The number of nitriles is 1. The van der Waals surface area contributed by atoms with Crippen molar-refractivity contribution in [2.75, 3.05) is 5.32 Å². The molecule has 1 aromatic carbocycles. The molecule has 1 amide bonds. The van der Waals surface area contributed by atoms with Gasteiger partial charge in [-0.1, -0.05) is 11.6 Å². The predicted molar refractivity (Wildman–Crippen MR) is 70.0 cm³/mol. The molecule has 94 valence electrons. The zero-order chi connectivity index (χ0) is 13.8. The number of nitrogens with zero attached hydrogens (tertiary/aromatic N) is 2. The van der Waals surface area contributed by atoms with E-state index >= 15 is 0 Å². The molecule has 0 aliphatic carbocycles. The van der Waals surface area contributed by atoms with Gasteiger partial charge in [0.2, 0.25) is 0 Å². The Morgan fingerprint density at radius 1 is 1.37 bits per heavy atom. The quantitative estimate of drug-likeness (QED) is 0.824. The molecule has 19 heavy (non-hydrogen) atoms. The second-order valence-electron chi connectivity index (χ2n) is 3.66. The van der Waals surface area contributed by atoms with Crippen LogP contribution >= 0.6 is 11.6 Å². The number of halogens is 1. The first-order valence-electron chi connectivity index (χ1n) is 5.26. The smallest absolute Gasteiger partial charge is 0.274 e. The van der Waals surface area contributed by atoms with Gasteiger partial charge in [0, 0.05) is 12.3 Å². The van der Waals surface area contributed by atoms with Gasteiger partial charge in [-0.25, -0.2) is 4.98 Å². The SMILES string of the molecule is N#Cc1ccc(C(=O)Nc2ccc(O)cc2Cl)nc1. The van der Waals surface area contributed by atoms with Crippen LogP contribution in [0.1, 0.15) is 16.1 Å². The van der Waals surface area contributed by atoms with Crippen LogP contribution in [0.15, 0.2) is 36.5 Å². The molecular weight excluding hydrogens is 266 g/mol. The maximum absolute atomic E-state index is 11.9. The van der Waals surface area contributed by atoms with E-state index in [1.165, 1.54) is 36.5 Å². The minimum Gasteiger partial charge on any atom is -0.508 e. The lowest BCUT2D eigenvalue weighted by atomic mass is 10.2. The van der Waals surface area contributed by atoms with Gasteiger partial charge in [0.25, 0.3) is 5.91 Å². The number of phenolic OH excluding ortho intramolecular Hbond substituents is 1. The highest BCUT2D eigenvalue weighted by Crippen LogP contribution is 2.26. The maximum Gasteiger partial charge on any atom is 0.274 e. The number of aromatic nitrogens is 1. The lowest BCUT2D eigenvalue weighted by molar-refractivity contribution is 0.102. The van der Waals surface area contributed by atoms with E-state index in [0.717, 1.165) is 0 Å². The van der Waals surface area contributed by atoms with E-state index in [1.54, 1.807) is 0 Å². The van der Waals surface area contributed by atoms with Crippen LogP contribution in [0.3, 0.4) is 0 Å². The average Bonchev–Trinajstić information content (AvgIpc) is 2.42. The van der Waals surface area contributed by atoms with Gasteiger partial charge in [-0.05, 0) is 24.3 Å². The Labute approximate surface area is 114 Å². The van der Waals surface area contributed by atoms with Crippen molar-refractivity contribution in [1.82, 2.24) is 4.98 Å². The van der Waals surface area contributed by atoms with E-state index in [0.29, 0.717) is 11.3 Å². The third kappa shape index (κ3) is 3.00. The molecule has 0 radical (unpaired) electrons. The van der Waals surface area contributed by atoms with Crippen LogP contribution in [0, 0.1) is 11.3 Å². The molecule has 6 heteroatoms. The van der Waals surface area contributed by atoms with Gasteiger partial charge < -0.3 is 10.4 Å².